The number of anilines is 2. The van der Waals surface area contributed by atoms with Crippen LogP contribution in [0.25, 0.3) is 0 Å². The maximum absolute atomic E-state index is 12.2. The van der Waals surface area contributed by atoms with Gasteiger partial charge in [-0.25, -0.2) is 14.8 Å². The third-order valence-corrected chi connectivity index (χ3v) is 5.80. The van der Waals surface area contributed by atoms with Crippen LogP contribution in [0.15, 0.2) is 12.4 Å². The zero-order valence-electron chi connectivity index (χ0n) is 16.5. The summed E-state index contributed by atoms with van der Waals surface area (Å²) in [5.41, 5.74) is 0. The van der Waals surface area contributed by atoms with Gasteiger partial charge in [0.2, 0.25) is 5.91 Å². The fraction of sp³-hybridized carbons (Fsp3) is 0.667. The number of hydrogen-bond donors (Lipinski definition) is 0. The molecule has 3 fully saturated rings. The summed E-state index contributed by atoms with van der Waals surface area (Å²) in [6.07, 6.45) is 1.79. The first-order chi connectivity index (χ1) is 13.5. The largest absolute Gasteiger partial charge is 0.378 e. The Hall–Kier alpha value is -2.46. The summed E-state index contributed by atoms with van der Waals surface area (Å²) in [6.45, 7) is 6.26. The van der Waals surface area contributed by atoms with Crippen LogP contribution in [0.3, 0.4) is 0 Å². The number of imide groups is 1. The van der Waals surface area contributed by atoms with Gasteiger partial charge in [0.05, 0.1) is 25.8 Å². The Labute approximate surface area is 164 Å². The number of piperazine rings is 1. The highest BCUT2D eigenvalue weighted by molar-refractivity contribution is 5.96. The predicted molar refractivity (Wildman–Crippen MR) is 103 cm³/mol. The molecule has 0 aromatic carbocycles. The molecule has 0 bridgehead atoms. The summed E-state index contributed by atoms with van der Waals surface area (Å²) in [5.74, 6) is 1.73. The van der Waals surface area contributed by atoms with E-state index in [0.717, 1.165) is 64.1 Å². The minimum absolute atomic E-state index is 0.124. The van der Waals surface area contributed by atoms with Crippen LogP contribution in [0.4, 0.5) is 16.4 Å². The SMILES string of the molecule is CN1C(=O)CC(N2CCN(c3cc(N4CCOCC4)ncn3)CC2)N(C)C1=O. The number of rotatable bonds is 3. The Bertz CT molecular complexity index is 732. The van der Waals surface area contributed by atoms with E-state index in [0.29, 0.717) is 6.42 Å². The molecule has 0 spiro atoms. The van der Waals surface area contributed by atoms with Crippen molar-refractivity contribution in [3.63, 3.8) is 0 Å². The third-order valence-electron chi connectivity index (χ3n) is 5.80. The third kappa shape index (κ3) is 3.61. The molecule has 1 aromatic rings. The van der Waals surface area contributed by atoms with Crippen molar-refractivity contribution in [2.75, 3.05) is 76.4 Å². The second-order valence-electron chi connectivity index (χ2n) is 7.39. The van der Waals surface area contributed by atoms with Crippen molar-refractivity contribution in [2.24, 2.45) is 0 Å². The minimum atomic E-state index is -0.241. The smallest absolute Gasteiger partial charge is 0.327 e. The van der Waals surface area contributed by atoms with Gasteiger partial charge in [0.1, 0.15) is 18.0 Å². The lowest BCUT2D eigenvalue weighted by Gasteiger charge is -2.45. The Kier molecular flexibility index (Phi) is 5.31. The second kappa shape index (κ2) is 7.88. The zero-order valence-corrected chi connectivity index (χ0v) is 16.5. The predicted octanol–water partition coefficient (Wildman–Crippen LogP) is -0.325. The van der Waals surface area contributed by atoms with E-state index in [-0.39, 0.29) is 18.1 Å². The first-order valence-electron chi connectivity index (χ1n) is 9.71. The number of urea groups is 1. The molecule has 152 valence electrons. The molecule has 1 unspecified atom stereocenters. The molecule has 3 aliphatic heterocycles. The molecular weight excluding hydrogens is 362 g/mol. The Morgan fingerprint density at radius 3 is 2.18 bits per heavy atom. The average Bonchev–Trinajstić information content (AvgIpc) is 2.76. The van der Waals surface area contributed by atoms with Gasteiger partial charge in [0.15, 0.2) is 0 Å². The quantitative estimate of drug-likeness (QED) is 0.695. The van der Waals surface area contributed by atoms with E-state index < -0.39 is 0 Å². The summed E-state index contributed by atoms with van der Waals surface area (Å²) in [6, 6.07) is 1.80. The Morgan fingerprint density at radius 2 is 1.54 bits per heavy atom. The molecule has 1 atom stereocenters. The molecule has 1 aromatic heterocycles. The number of carbonyl (C=O) groups excluding carboxylic acids is 2. The molecule has 10 nitrogen and oxygen atoms in total. The second-order valence-corrected chi connectivity index (χ2v) is 7.39. The van der Waals surface area contributed by atoms with E-state index in [9.17, 15) is 9.59 Å². The number of nitrogens with zero attached hydrogens (tertiary/aromatic N) is 7. The molecule has 3 aliphatic rings. The normalized spacial score (nSPS) is 24.9. The van der Waals surface area contributed by atoms with Crippen molar-refractivity contribution in [2.45, 2.75) is 12.6 Å². The van der Waals surface area contributed by atoms with Crippen molar-refractivity contribution >= 4 is 23.6 Å². The standard InChI is InChI=1S/C18H27N7O3/c1-21-16(12-17(26)22(2)18(21)27)25-5-3-23(4-6-25)14-11-15(20-13-19-14)24-7-9-28-10-8-24/h11,13,16H,3-10,12H2,1-2H3. The van der Waals surface area contributed by atoms with Gasteiger partial charge in [-0.1, -0.05) is 0 Å². The summed E-state index contributed by atoms with van der Waals surface area (Å²) in [7, 11) is 3.30. The summed E-state index contributed by atoms with van der Waals surface area (Å²) in [5, 5.41) is 0. The number of hydrogen-bond acceptors (Lipinski definition) is 8. The van der Waals surface area contributed by atoms with Crippen molar-refractivity contribution < 1.29 is 14.3 Å². The number of carbonyl (C=O) groups is 2. The minimum Gasteiger partial charge on any atom is -0.378 e. The molecule has 10 heteroatoms. The van der Waals surface area contributed by atoms with E-state index in [4.69, 9.17) is 4.74 Å². The van der Waals surface area contributed by atoms with E-state index in [1.54, 1.807) is 18.3 Å². The lowest BCUT2D eigenvalue weighted by molar-refractivity contribution is -0.134. The first kappa shape index (κ1) is 18.9. The van der Waals surface area contributed by atoms with Gasteiger partial charge < -0.3 is 19.4 Å². The maximum atomic E-state index is 12.2. The highest BCUT2D eigenvalue weighted by Gasteiger charge is 2.38. The van der Waals surface area contributed by atoms with Crippen LogP contribution in [0.5, 0.6) is 0 Å². The Morgan fingerprint density at radius 1 is 0.929 bits per heavy atom. The van der Waals surface area contributed by atoms with Crippen LogP contribution < -0.4 is 9.80 Å². The number of ether oxygens (including phenoxy) is 1. The molecule has 4 rings (SSSR count). The highest BCUT2D eigenvalue weighted by atomic mass is 16.5. The van der Waals surface area contributed by atoms with Crippen LogP contribution in [-0.2, 0) is 9.53 Å². The van der Waals surface area contributed by atoms with E-state index in [1.165, 1.54) is 11.9 Å². The van der Waals surface area contributed by atoms with Crippen LogP contribution >= 0.6 is 0 Å². The van der Waals surface area contributed by atoms with Crippen LogP contribution in [0, 0.1) is 0 Å². The summed E-state index contributed by atoms with van der Waals surface area (Å²) >= 11 is 0. The summed E-state index contributed by atoms with van der Waals surface area (Å²) < 4.78 is 5.41. The maximum Gasteiger partial charge on any atom is 0.327 e. The van der Waals surface area contributed by atoms with Crippen molar-refractivity contribution in [3.05, 3.63) is 12.4 Å². The van der Waals surface area contributed by atoms with Crippen molar-refractivity contribution in [3.8, 4) is 0 Å². The lowest BCUT2D eigenvalue weighted by atomic mass is 10.1. The number of amides is 3. The molecule has 28 heavy (non-hydrogen) atoms. The van der Waals surface area contributed by atoms with Gasteiger partial charge in [-0.2, -0.15) is 0 Å². The average molecular weight is 389 g/mol. The van der Waals surface area contributed by atoms with Crippen molar-refractivity contribution in [1.82, 2.24) is 24.7 Å². The van der Waals surface area contributed by atoms with Gasteiger partial charge in [-0.05, 0) is 0 Å². The lowest BCUT2D eigenvalue weighted by Crippen LogP contribution is -2.62. The molecule has 0 radical (unpaired) electrons. The van der Waals surface area contributed by atoms with Gasteiger partial charge in [-0.3, -0.25) is 14.6 Å². The van der Waals surface area contributed by atoms with Gasteiger partial charge >= 0.3 is 6.03 Å². The fourth-order valence-electron chi connectivity index (χ4n) is 4.00. The van der Waals surface area contributed by atoms with Crippen LogP contribution in [0.2, 0.25) is 0 Å². The monoisotopic (exact) mass is 389 g/mol. The highest BCUT2D eigenvalue weighted by Crippen LogP contribution is 2.23. The topological polar surface area (TPSA) is 85.3 Å². The number of aromatic nitrogens is 2. The molecule has 0 saturated carbocycles. The molecule has 0 aliphatic carbocycles. The van der Waals surface area contributed by atoms with Crippen LogP contribution in [0.1, 0.15) is 6.42 Å². The van der Waals surface area contributed by atoms with Gasteiger partial charge in [0, 0.05) is 59.4 Å². The van der Waals surface area contributed by atoms with Crippen LogP contribution in [-0.4, -0.2) is 109 Å². The Balaban J connectivity index is 1.39. The summed E-state index contributed by atoms with van der Waals surface area (Å²) in [4.78, 5) is 42.7. The number of morpholine rings is 1. The molecule has 0 N–H and O–H groups in total. The molecule has 3 saturated heterocycles. The van der Waals surface area contributed by atoms with E-state index >= 15 is 0 Å². The van der Waals surface area contributed by atoms with E-state index in [2.05, 4.69) is 24.7 Å². The molecule has 3 amide bonds. The zero-order chi connectivity index (χ0) is 19.7. The fourth-order valence-corrected chi connectivity index (χ4v) is 4.00. The van der Waals surface area contributed by atoms with Gasteiger partial charge in [0.25, 0.3) is 0 Å². The van der Waals surface area contributed by atoms with Crippen molar-refractivity contribution in [1.29, 1.82) is 0 Å². The molecule has 4 heterocycles. The van der Waals surface area contributed by atoms with E-state index in [1.807, 2.05) is 6.07 Å². The first-order valence-corrected chi connectivity index (χ1v) is 9.71. The molecular formula is C18H27N7O3. The van der Waals surface area contributed by atoms with Gasteiger partial charge in [-0.15, -0.1) is 0 Å².